The summed E-state index contributed by atoms with van der Waals surface area (Å²) < 4.78 is 1.75. The molecule has 2 aromatic carbocycles. The Morgan fingerprint density at radius 1 is 1.03 bits per heavy atom. The number of hydrogen-bond donors (Lipinski definition) is 1. The molecule has 1 saturated heterocycles. The third-order valence-corrected chi connectivity index (χ3v) is 5.99. The molecular weight excluding hydrogens is 433 g/mol. The summed E-state index contributed by atoms with van der Waals surface area (Å²) in [5.74, 6) is 0.871. The van der Waals surface area contributed by atoms with Gasteiger partial charge in [0.25, 0.3) is 5.91 Å². The van der Waals surface area contributed by atoms with Crippen LogP contribution in [0, 0.1) is 0 Å². The molecule has 8 heteroatoms. The van der Waals surface area contributed by atoms with Crippen molar-refractivity contribution in [1.82, 2.24) is 19.5 Å². The molecule has 2 aromatic heterocycles. The monoisotopic (exact) mass is 451 g/mol. The first-order chi connectivity index (χ1) is 15.1. The number of fused-ring (bicyclic) bond motifs is 1. The molecule has 0 radical (unpaired) electrons. The molecule has 156 valence electrons. The highest BCUT2D eigenvalue weighted by molar-refractivity contribution is 6.35. The Balaban J connectivity index is 1.42. The standard InChI is InChI=1S/C23H19Cl2N5O/c24-18-7-6-17(19(25)12-18)14-26-22-13-20(28-21-8-9-27-30(21)22)15-2-4-16(5-3-15)23(31)29-10-1-11-29/h2-9,12-13,26H,1,10-11,14H2. The van der Waals surface area contributed by atoms with E-state index in [1.807, 2.05) is 53.4 Å². The fourth-order valence-corrected chi connectivity index (χ4v) is 4.00. The normalized spacial score (nSPS) is 13.3. The van der Waals surface area contributed by atoms with E-state index in [2.05, 4.69) is 10.4 Å². The molecule has 1 amide bonds. The van der Waals surface area contributed by atoms with Gasteiger partial charge in [0.05, 0.1) is 11.9 Å². The Morgan fingerprint density at radius 2 is 1.84 bits per heavy atom. The molecule has 31 heavy (non-hydrogen) atoms. The third kappa shape index (κ3) is 3.96. The quantitative estimate of drug-likeness (QED) is 0.454. The van der Waals surface area contributed by atoms with Crippen molar-refractivity contribution < 1.29 is 4.79 Å². The van der Waals surface area contributed by atoms with E-state index in [0.717, 1.165) is 47.8 Å². The molecule has 0 spiro atoms. The molecule has 6 nitrogen and oxygen atoms in total. The van der Waals surface area contributed by atoms with Crippen molar-refractivity contribution in [3.63, 3.8) is 0 Å². The van der Waals surface area contributed by atoms with E-state index in [1.54, 1.807) is 16.8 Å². The molecule has 4 aromatic rings. The van der Waals surface area contributed by atoms with E-state index in [0.29, 0.717) is 22.2 Å². The fourth-order valence-electron chi connectivity index (χ4n) is 3.52. The fraction of sp³-hybridized carbons (Fsp3) is 0.174. The van der Waals surface area contributed by atoms with Crippen molar-refractivity contribution in [1.29, 1.82) is 0 Å². The molecule has 3 heterocycles. The van der Waals surface area contributed by atoms with Crippen LogP contribution in [0.2, 0.25) is 10.0 Å². The van der Waals surface area contributed by atoms with Gasteiger partial charge in [-0.3, -0.25) is 4.79 Å². The zero-order valence-corrected chi connectivity index (χ0v) is 18.1. The lowest BCUT2D eigenvalue weighted by molar-refractivity contribution is 0.0652. The van der Waals surface area contributed by atoms with Crippen molar-refractivity contribution in [3.8, 4) is 11.3 Å². The van der Waals surface area contributed by atoms with Gasteiger partial charge in [0.2, 0.25) is 0 Å². The number of hydrogen-bond acceptors (Lipinski definition) is 4. The number of benzene rings is 2. The van der Waals surface area contributed by atoms with Gasteiger partial charge in [0, 0.05) is 52.9 Å². The second kappa shape index (κ2) is 8.21. The molecule has 1 N–H and O–H groups in total. The predicted octanol–water partition coefficient (Wildman–Crippen LogP) is 5.16. The van der Waals surface area contributed by atoms with Gasteiger partial charge in [-0.15, -0.1) is 0 Å². The summed E-state index contributed by atoms with van der Waals surface area (Å²) in [4.78, 5) is 19.0. The van der Waals surface area contributed by atoms with Crippen molar-refractivity contribution in [2.75, 3.05) is 18.4 Å². The third-order valence-electron chi connectivity index (χ3n) is 5.41. The number of nitrogens with zero attached hydrogens (tertiary/aromatic N) is 4. The molecule has 0 saturated carbocycles. The average Bonchev–Trinajstić information content (AvgIpc) is 3.20. The van der Waals surface area contributed by atoms with Crippen molar-refractivity contribution in [2.45, 2.75) is 13.0 Å². The molecule has 0 aliphatic carbocycles. The summed E-state index contributed by atoms with van der Waals surface area (Å²) in [6.45, 7) is 2.19. The first-order valence-electron chi connectivity index (χ1n) is 10.0. The summed E-state index contributed by atoms with van der Waals surface area (Å²) in [5, 5.41) is 8.96. The van der Waals surface area contributed by atoms with Gasteiger partial charge in [0.1, 0.15) is 5.82 Å². The van der Waals surface area contributed by atoms with Crippen LogP contribution in [0.4, 0.5) is 5.82 Å². The Labute approximate surface area is 189 Å². The van der Waals surface area contributed by atoms with E-state index in [1.165, 1.54) is 0 Å². The molecule has 1 aliphatic rings. The van der Waals surface area contributed by atoms with Gasteiger partial charge in [-0.25, -0.2) is 4.98 Å². The first-order valence-corrected chi connectivity index (χ1v) is 10.8. The number of amides is 1. The van der Waals surface area contributed by atoms with Crippen LogP contribution in [-0.4, -0.2) is 38.5 Å². The number of likely N-dealkylation sites (tertiary alicyclic amines) is 1. The van der Waals surface area contributed by atoms with Crippen LogP contribution in [0.15, 0.2) is 60.8 Å². The highest BCUT2D eigenvalue weighted by Crippen LogP contribution is 2.25. The van der Waals surface area contributed by atoms with E-state index < -0.39 is 0 Å². The maximum atomic E-state index is 12.4. The summed E-state index contributed by atoms with van der Waals surface area (Å²) in [7, 11) is 0. The Kier molecular flexibility index (Phi) is 5.26. The molecule has 0 bridgehead atoms. The van der Waals surface area contributed by atoms with Crippen LogP contribution in [0.3, 0.4) is 0 Å². The average molecular weight is 452 g/mol. The number of anilines is 1. The second-order valence-electron chi connectivity index (χ2n) is 7.44. The smallest absolute Gasteiger partial charge is 0.253 e. The number of rotatable bonds is 5. The predicted molar refractivity (Wildman–Crippen MR) is 123 cm³/mol. The van der Waals surface area contributed by atoms with Gasteiger partial charge >= 0.3 is 0 Å². The van der Waals surface area contributed by atoms with E-state index in [9.17, 15) is 4.79 Å². The lowest BCUT2D eigenvalue weighted by Gasteiger charge is -2.30. The van der Waals surface area contributed by atoms with Gasteiger partial charge in [-0.1, -0.05) is 41.4 Å². The number of nitrogens with one attached hydrogen (secondary N) is 1. The minimum Gasteiger partial charge on any atom is -0.366 e. The largest absolute Gasteiger partial charge is 0.366 e. The number of carbonyl (C=O) groups excluding carboxylic acids is 1. The summed E-state index contributed by atoms with van der Waals surface area (Å²) >= 11 is 12.3. The zero-order chi connectivity index (χ0) is 21.4. The van der Waals surface area contributed by atoms with Crippen LogP contribution < -0.4 is 5.32 Å². The summed E-state index contributed by atoms with van der Waals surface area (Å²) in [5.41, 5.74) is 4.07. The highest BCUT2D eigenvalue weighted by atomic mass is 35.5. The molecular formula is C23H19Cl2N5O. The van der Waals surface area contributed by atoms with E-state index >= 15 is 0 Å². The van der Waals surface area contributed by atoms with Crippen LogP contribution in [-0.2, 0) is 6.54 Å². The lowest BCUT2D eigenvalue weighted by atomic mass is 10.1. The minimum atomic E-state index is 0.0826. The highest BCUT2D eigenvalue weighted by Gasteiger charge is 2.21. The van der Waals surface area contributed by atoms with Gasteiger partial charge in [-0.05, 0) is 36.2 Å². The Hall–Kier alpha value is -3.09. The topological polar surface area (TPSA) is 62.5 Å². The molecule has 0 unspecified atom stereocenters. The maximum Gasteiger partial charge on any atom is 0.253 e. The first kappa shape index (κ1) is 19.8. The minimum absolute atomic E-state index is 0.0826. The molecule has 5 rings (SSSR count). The number of aromatic nitrogens is 3. The number of halogens is 2. The van der Waals surface area contributed by atoms with E-state index in [-0.39, 0.29) is 5.91 Å². The summed E-state index contributed by atoms with van der Waals surface area (Å²) in [6, 6.07) is 16.8. The molecule has 1 fully saturated rings. The van der Waals surface area contributed by atoms with Gasteiger partial charge in [-0.2, -0.15) is 9.61 Å². The zero-order valence-electron chi connectivity index (χ0n) is 16.6. The van der Waals surface area contributed by atoms with Crippen LogP contribution in [0.1, 0.15) is 22.3 Å². The Bertz CT molecular complexity index is 1260. The molecule has 0 atom stereocenters. The van der Waals surface area contributed by atoms with Crippen molar-refractivity contribution in [3.05, 3.63) is 82.0 Å². The second-order valence-corrected chi connectivity index (χ2v) is 8.28. The van der Waals surface area contributed by atoms with Crippen LogP contribution >= 0.6 is 23.2 Å². The number of carbonyl (C=O) groups is 1. The van der Waals surface area contributed by atoms with Gasteiger partial charge < -0.3 is 10.2 Å². The van der Waals surface area contributed by atoms with Crippen molar-refractivity contribution >= 4 is 40.6 Å². The molecule has 1 aliphatic heterocycles. The van der Waals surface area contributed by atoms with Crippen LogP contribution in [0.25, 0.3) is 16.9 Å². The van der Waals surface area contributed by atoms with Crippen molar-refractivity contribution in [2.24, 2.45) is 0 Å². The SMILES string of the molecule is O=C(c1ccc(-c2cc(NCc3ccc(Cl)cc3Cl)n3nccc3n2)cc1)N1CCC1. The maximum absolute atomic E-state index is 12.4. The lowest BCUT2D eigenvalue weighted by Crippen LogP contribution is -2.41. The van der Waals surface area contributed by atoms with Gasteiger partial charge in [0.15, 0.2) is 5.65 Å². The summed E-state index contributed by atoms with van der Waals surface area (Å²) in [6.07, 6.45) is 2.79. The van der Waals surface area contributed by atoms with E-state index in [4.69, 9.17) is 28.2 Å². The van der Waals surface area contributed by atoms with Crippen LogP contribution in [0.5, 0.6) is 0 Å². The Morgan fingerprint density at radius 3 is 2.55 bits per heavy atom.